The number of halogens is 3. The van der Waals surface area contributed by atoms with E-state index in [-0.39, 0.29) is 11.6 Å². The van der Waals surface area contributed by atoms with Crippen LogP contribution in [0, 0.1) is 0 Å². The van der Waals surface area contributed by atoms with Gasteiger partial charge in [-0.15, -0.1) is 0 Å². The summed E-state index contributed by atoms with van der Waals surface area (Å²) in [5.41, 5.74) is 3.84. The molecule has 2 N–H and O–H groups in total. The standard InChI is InChI=1S/C18H23F3N4O4/c1-2-7-25(17(28)24-8-10-29-11-9-24)12-13-3-5-14(6-4-13)15(26)22-23-16(27)18(19,20)21/h3-6H,2,7-12H2,1H3,(H,22,26)(H,23,27). The lowest BCUT2D eigenvalue weighted by atomic mass is 10.1. The second kappa shape index (κ2) is 10.1. The van der Waals surface area contributed by atoms with Crippen molar-refractivity contribution in [1.82, 2.24) is 20.7 Å². The van der Waals surface area contributed by atoms with E-state index in [0.717, 1.165) is 12.0 Å². The Morgan fingerprint density at radius 3 is 2.28 bits per heavy atom. The number of carbonyl (C=O) groups excluding carboxylic acids is 3. The minimum absolute atomic E-state index is 0.0674. The molecule has 1 aliphatic heterocycles. The molecule has 1 fully saturated rings. The maximum atomic E-state index is 12.7. The number of nitrogens with one attached hydrogen (secondary N) is 2. The van der Waals surface area contributed by atoms with E-state index in [1.807, 2.05) is 6.92 Å². The number of benzene rings is 1. The molecule has 0 aliphatic carbocycles. The Labute approximate surface area is 165 Å². The molecule has 1 aliphatic rings. The number of nitrogens with zero attached hydrogens (tertiary/aromatic N) is 2. The van der Waals surface area contributed by atoms with Crippen molar-refractivity contribution in [1.29, 1.82) is 0 Å². The Morgan fingerprint density at radius 1 is 1.10 bits per heavy atom. The average Bonchev–Trinajstić information content (AvgIpc) is 2.71. The molecule has 160 valence electrons. The molecule has 2 rings (SSSR count). The van der Waals surface area contributed by atoms with Gasteiger partial charge in [0.2, 0.25) is 0 Å². The van der Waals surface area contributed by atoms with Gasteiger partial charge in [-0.1, -0.05) is 19.1 Å². The first-order chi connectivity index (χ1) is 13.7. The SMILES string of the molecule is CCCN(Cc1ccc(C(=O)NNC(=O)C(F)(F)F)cc1)C(=O)N1CCOCC1. The predicted octanol–water partition coefficient (Wildman–Crippen LogP) is 1.67. The van der Waals surface area contributed by atoms with Crippen LogP contribution in [-0.4, -0.2) is 66.7 Å². The molecule has 0 unspecified atom stereocenters. The summed E-state index contributed by atoms with van der Waals surface area (Å²) in [4.78, 5) is 38.7. The van der Waals surface area contributed by atoms with Crippen LogP contribution in [-0.2, 0) is 16.1 Å². The Kier molecular flexibility index (Phi) is 7.82. The lowest BCUT2D eigenvalue weighted by molar-refractivity contribution is -0.174. The van der Waals surface area contributed by atoms with Gasteiger partial charge in [-0.2, -0.15) is 13.2 Å². The van der Waals surface area contributed by atoms with Gasteiger partial charge in [0.15, 0.2) is 0 Å². The lowest BCUT2D eigenvalue weighted by Crippen LogP contribution is -2.48. The summed E-state index contributed by atoms with van der Waals surface area (Å²) < 4.78 is 41.7. The highest BCUT2D eigenvalue weighted by molar-refractivity contribution is 5.95. The molecule has 0 atom stereocenters. The van der Waals surface area contributed by atoms with Gasteiger partial charge in [0.05, 0.1) is 13.2 Å². The molecule has 0 spiro atoms. The van der Waals surface area contributed by atoms with E-state index >= 15 is 0 Å². The first-order valence-corrected chi connectivity index (χ1v) is 9.10. The minimum atomic E-state index is -5.09. The average molecular weight is 416 g/mol. The summed E-state index contributed by atoms with van der Waals surface area (Å²) in [6.45, 7) is 4.91. The smallest absolute Gasteiger partial charge is 0.378 e. The van der Waals surface area contributed by atoms with E-state index in [0.29, 0.717) is 39.4 Å². The highest BCUT2D eigenvalue weighted by Gasteiger charge is 2.39. The quantitative estimate of drug-likeness (QED) is 0.715. The van der Waals surface area contributed by atoms with Crippen LogP contribution in [0.15, 0.2) is 24.3 Å². The molecular formula is C18H23F3N4O4. The zero-order valence-corrected chi connectivity index (χ0v) is 15.9. The first kappa shape index (κ1) is 22.5. The summed E-state index contributed by atoms with van der Waals surface area (Å²) in [6.07, 6.45) is -4.32. The number of ether oxygens (including phenoxy) is 1. The molecule has 0 aromatic heterocycles. The third kappa shape index (κ3) is 6.63. The minimum Gasteiger partial charge on any atom is -0.378 e. The van der Waals surface area contributed by atoms with Gasteiger partial charge in [0, 0.05) is 31.7 Å². The Hall–Kier alpha value is -2.82. The van der Waals surface area contributed by atoms with Crippen molar-refractivity contribution in [3.05, 3.63) is 35.4 Å². The molecule has 8 nitrogen and oxygen atoms in total. The molecule has 4 amide bonds. The summed E-state index contributed by atoms with van der Waals surface area (Å²) in [5, 5.41) is 0. The molecule has 0 bridgehead atoms. The van der Waals surface area contributed by atoms with Crippen LogP contribution in [0.2, 0.25) is 0 Å². The highest BCUT2D eigenvalue weighted by Crippen LogP contribution is 2.14. The number of hydrogen-bond donors (Lipinski definition) is 2. The fourth-order valence-electron chi connectivity index (χ4n) is 2.71. The summed E-state index contributed by atoms with van der Waals surface area (Å²) in [7, 11) is 0. The van der Waals surface area contributed by atoms with Crippen molar-refractivity contribution in [2.75, 3.05) is 32.8 Å². The van der Waals surface area contributed by atoms with Crippen molar-refractivity contribution in [2.24, 2.45) is 0 Å². The van der Waals surface area contributed by atoms with Crippen molar-refractivity contribution in [2.45, 2.75) is 26.1 Å². The zero-order chi connectivity index (χ0) is 21.4. The van der Waals surface area contributed by atoms with Gasteiger partial charge in [-0.3, -0.25) is 20.4 Å². The third-order valence-corrected chi connectivity index (χ3v) is 4.18. The number of amides is 4. The molecular weight excluding hydrogens is 393 g/mol. The number of urea groups is 1. The van der Waals surface area contributed by atoms with Crippen molar-refractivity contribution in [3.63, 3.8) is 0 Å². The normalized spacial score (nSPS) is 14.3. The summed E-state index contributed by atoms with van der Waals surface area (Å²) >= 11 is 0. The van der Waals surface area contributed by atoms with Crippen molar-refractivity contribution in [3.8, 4) is 0 Å². The van der Waals surface area contributed by atoms with Crippen LogP contribution in [0.25, 0.3) is 0 Å². The topological polar surface area (TPSA) is 91.0 Å². The Morgan fingerprint density at radius 2 is 1.72 bits per heavy atom. The van der Waals surface area contributed by atoms with E-state index in [1.165, 1.54) is 17.6 Å². The second-order valence-electron chi connectivity index (χ2n) is 6.41. The summed E-state index contributed by atoms with van der Waals surface area (Å²) in [6, 6.07) is 5.94. The molecule has 11 heteroatoms. The molecule has 29 heavy (non-hydrogen) atoms. The molecule has 1 aromatic rings. The number of alkyl halides is 3. The van der Waals surface area contributed by atoms with Crippen LogP contribution in [0.4, 0.5) is 18.0 Å². The van der Waals surface area contributed by atoms with Crippen LogP contribution in [0.1, 0.15) is 29.3 Å². The van der Waals surface area contributed by atoms with Crippen molar-refractivity contribution < 1.29 is 32.3 Å². The van der Waals surface area contributed by atoms with Crippen molar-refractivity contribution >= 4 is 17.8 Å². The van der Waals surface area contributed by atoms with Crippen LogP contribution < -0.4 is 10.9 Å². The summed E-state index contributed by atoms with van der Waals surface area (Å²) in [5.74, 6) is -3.15. The second-order valence-corrected chi connectivity index (χ2v) is 6.41. The number of hydrazine groups is 1. The zero-order valence-electron chi connectivity index (χ0n) is 15.9. The largest absolute Gasteiger partial charge is 0.472 e. The van der Waals surface area contributed by atoms with E-state index < -0.39 is 18.0 Å². The van der Waals surface area contributed by atoms with Gasteiger partial charge >= 0.3 is 18.1 Å². The molecule has 1 aromatic carbocycles. The van der Waals surface area contributed by atoms with E-state index in [9.17, 15) is 27.6 Å². The fraction of sp³-hybridized carbons (Fsp3) is 0.500. The van der Waals surface area contributed by atoms with Gasteiger partial charge in [-0.05, 0) is 24.1 Å². The Balaban J connectivity index is 1.95. The van der Waals surface area contributed by atoms with Gasteiger partial charge in [-0.25, -0.2) is 4.79 Å². The highest BCUT2D eigenvalue weighted by atomic mass is 19.4. The lowest BCUT2D eigenvalue weighted by Gasteiger charge is -2.33. The van der Waals surface area contributed by atoms with Crippen LogP contribution >= 0.6 is 0 Å². The fourth-order valence-corrected chi connectivity index (χ4v) is 2.71. The maximum Gasteiger partial charge on any atom is 0.472 e. The molecule has 1 heterocycles. The maximum absolute atomic E-state index is 12.7. The molecule has 0 saturated carbocycles. The first-order valence-electron chi connectivity index (χ1n) is 9.10. The van der Waals surface area contributed by atoms with E-state index in [4.69, 9.17) is 4.74 Å². The number of morpholine rings is 1. The van der Waals surface area contributed by atoms with Gasteiger partial charge in [0.1, 0.15) is 0 Å². The van der Waals surface area contributed by atoms with Crippen LogP contribution in [0.5, 0.6) is 0 Å². The Bertz CT molecular complexity index is 719. The third-order valence-electron chi connectivity index (χ3n) is 4.18. The van der Waals surface area contributed by atoms with Gasteiger partial charge < -0.3 is 14.5 Å². The van der Waals surface area contributed by atoms with Crippen LogP contribution in [0.3, 0.4) is 0 Å². The van der Waals surface area contributed by atoms with Gasteiger partial charge in [0.25, 0.3) is 5.91 Å². The van der Waals surface area contributed by atoms with E-state index in [2.05, 4.69) is 0 Å². The predicted molar refractivity (Wildman–Crippen MR) is 96.6 cm³/mol. The molecule has 0 radical (unpaired) electrons. The number of rotatable bonds is 5. The number of carbonyl (C=O) groups is 3. The van der Waals surface area contributed by atoms with E-state index in [1.54, 1.807) is 27.4 Å². The monoisotopic (exact) mass is 416 g/mol. The molecule has 1 saturated heterocycles. The number of hydrogen-bond acceptors (Lipinski definition) is 4.